The third-order valence-electron chi connectivity index (χ3n) is 3.71. The first-order valence-corrected chi connectivity index (χ1v) is 7.09. The van der Waals surface area contributed by atoms with Crippen LogP contribution in [0.25, 0.3) is 0 Å². The van der Waals surface area contributed by atoms with E-state index in [2.05, 4.69) is 16.4 Å². The van der Waals surface area contributed by atoms with Crippen molar-refractivity contribution in [1.29, 1.82) is 0 Å². The summed E-state index contributed by atoms with van der Waals surface area (Å²) in [6.45, 7) is 1.57. The smallest absolute Gasteiger partial charge is 0.131 e. The lowest BCUT2D eigenvalue weighted by Gasteiger charge is -2.15. The molecule has 0 aromatic carbocycles. The van der Waals surface area contributed by atoms with Crippen LogP contribution < -0.4 is 5.32 Å². The third kappa shape index (κ3) is 3.98. The van der Waals surface area contributed by atoms with Crippen molar-refractivity contribution in [3.05, 3.63) is 23.9 Å². The average molecular weight is 248 g/mol. The molecule has 1 aromatic heterocycles. The van der Waals surface area contributed by atoms with E-state index in [0.29, 0.717) is 6.61 Å². The molecule has 0 saturated heterocycles. The molecule has 0 spiro atoms. The molecule has 1 fully saturated rings. The second-order valence-electron chi connectivity index (χ2n) is 5.13. The molecule has 0 amide bonds. The maximum absolute atomic E-state index is 5.88. The lowest BCUT2D eigenvalue weighted by molar-refractivity contribution is 0.0821. The zero-order valence-electron chi connectivity index (χ0n) is 11.3. The highest BCUT2D eigenvalue weighted by Gasteiger charge is 2.12. The van der Waals surface area contributed by atoms with Gasteiger partial charge in [-0.3, -0.25) is 0 Å². The van der Waals surface area contributed by atoms with Crippen molar-refractivity contribution in [2.24, 2.45) is 5.92 Å². The fourth-order valence-electron chi connectivity index (χ4n) is 2.65. The molecule has 0 unspecified atom stereocenters. The van der Waals surface area contributed by atoms with Crippen LogP contribution in [0.3, 0.4) is 0 Å². The Kier molecular flexibility index (Phi) is 5.46. The molecule has 0 atom stereocenters. The van der Waals surface area contributed by atoms with Gasteiger partial charge in [-0.2, -0.15) is 0 Å². The number of anilines is 1. The molecule has 1 saturated carbocycles. The van der Waals surface area contributed by atoms with E-state index in [1.54, 1.807) is 6.20 Å². The summed E-state index contributed by atoms with van der Waals surface area (Å²) in [6.07, 6.45) is 10.1. The summed E-state index contributed by atoms with van der Waals surface area (Å²) in [5.74, 6) is 1.69. The minimum Gasteiger partial charge on any atom is -0.376 e. The maximum atomic E-state index is 5.88. The summed E-state index contributed by atoms with van der Waals surface area (Å²) >= 11 is 0. The van der Waals surface area contributed by atoms with Crippen molar-refractivity contribution in [3.8, 4) is 0 Å². The van der Waals surface area contributed by atoms with Crippen LogP contribution in [0.1, 0.15) is 44.1 Å². The van der Waals surface area contributed by atoms with Crippen LogP contribution in [-0.2, 0) is 11.3 Å². The van der Waals surface area contributed by atoms with E-state index >= 15 is 0 Å². The quantitative estimate of drug-likeness (QED) is 0.808. The molecular formula is C15H24N2O. The molecule has 0 bridgehead atoms. The van der Waals surface area contributed by atoms with Gasteiger partial charge in [0.25, 0.3) is 0 Å². The van der Waals surface area contributed by atoms with E-state index in [1.807, 2.05) is 13.1 Å². The summed E-state index contributed by atoms with van der Waals surface area (Å²) in [7, 11) is 1.90. The third-order valence-corrected chi connectivity index (χ3v) is 3.71. The van der Waals surface area contributed by atoms with Gasteiger partial charge >= 0.3 is 0 Å². The number of hydrogen-bond acceptors (Lipinski definition) is 3. The zero-order chi connectivity index (χ0) is 12.6. The zero-order valence-corrected chi connectivity index (χ0v) is 11.3. The molecule has 2 rings (SSSR count). The Morgan fingerprint density at radius 2 is 2.06 bits per heavy atom. The van der Waals surface area contributed by atoms with E-state index in [-0.39, 0.29) is 0 Å². The van der Waals surface area contributed by atoms with Crippen LogP contribution in [0.5, 0.6) is 0 Å². The van der Waals surface area contributed by atoms with Crippen LogP contribution in [-0.4, -0.2) is 18.6 Å². The average Bonchev–Trinajstić information content (AvgIpc) is 2.68. The fraction of sp³-hybridized carbons (Fsp3) is 0.667. The summed E-state index contributed by atoms with van der Waals surface area (Å²) in [5, 5.41) is 3.10. The lowest BCUT2D eigenvalue weighted by atomic mass is 10.0. The van der Waals surface area contributed by atoms with E-state index in [0.717, 1.165) is 23.9 Å². The molecule has 1 heterocycles. The maximum Gasteiger partial charge on any atom is 0.131 e. The summed E-state index contributed by atoms with van der Waals surface area (Å²) in [4.78, 5) is 4.29. The molecule has 1 aliphatic rings. The highest BCUT2D eigenvalue weighted by molar-refractivity contribution is 5.42. The summed E-state index contributed by atoms with van der Waals surface area (Å²) in [5.41, 5.74) is 1.15. The van der Waals surface area contributed by atoms with Gasteiger partial charge in [-0.1, -0.05) is 31.7 Å². The Morgan fingerprint density at radius 1 is 1.28 bits per heavy atom. The van der Waals surface area contributed by atoms with Gasteiger partial charge < -0.3 is 10.1 Å². The second kappa shape index (κ2) is 7.37. The van der Waals surface area contributed by atoms with Gasteiger partial charge in [-0.15, -0.1) is 0 Å². The van der Waals surface area contributed by atoms with Crippen molar-refractivity contribution in [1.82, 2.24) is 4.98 Å². The predicted molar refractivity (Wildman–Crippen MR) is 74.6 cm³/mol. The first-order valence-electron chi connectivity index (χ1n) is 7.09. The minimum atomic E-state index is 0.667. The number of rotatable bonds is 5. The topological polar surface area (TPSA) is 34.2 Å². The first kappa shape index (κ1) is 13.3. The molecule has 3 nitrogen and oxygen atoms in total. The van der Waals surface area contributed by atoms with Crippen LogP contribution in [0.4, 0.5) is 5.82 Å². The first-order chi connectivity index (χ1) is 8.90. The van der Waals surface area contributed by atoms with Crippen LogP contribution >= 0.6 is 0 Å². The normalized spacial score (nSPS) is 17.4. The lowest BCUT2D eigenvalue weighted by Crippen LogP contribution is -2.09. The summed E-state index contributed by atoms with van der Waals surface area (Å²) < 4.78 is 5.88. The summed E-state index contributed by atoms with van der Waals surface area (Å²) in [6, 6.07) is 4.04. The van der Waals surface area contributed by atoms with E-state index in [4.69, 9.17) is 4.74 Å². The Balaban J connectivity index is 1.77. The molecular weight excluding hydrogens is 224 g/mol. The Labute approximate surface area is 110 Å². The van der Waals surface area contributed by atoms with E-state index < -0.39 is 0 Å². The number of aromatic nitrogens is 1. The molecule has 1 aromatic rings. The SMILES string of the molecule is CNc1ncccc1COCC1CCCCCC1. The van der Waals surface area contributed by atoms with Crippen molar-refractivity contribution < 1.29 is 4.74 Å². The van der Waals surface area contributed by atoms with Gasteiger partial charge in [0.2, 0.25) is 0 Å². The Morgan fingerprint density at radius 3 is 2.78 bits per heavy atom. The van der Waals surface area contributed by atoms with Gasteiger partial charge in [0, 0.05) is 25.4 Å². The van der Waals surface area contributed by atoms with Gasteiger partial charge in [0.1, 0.15) is 5.82 Å². The van der Waals surface area contributed by atoms with Crippen LogP contribution in [0.15, 0.2) is 18.3 Å². The van der Waals surface area contributed by atoms with Gasteiger partial charge in [0.05, 0.1) is 6.61 Å². The molecule has 3 heteroatoms. The molecule has 100 valence electrons. The largest absolute Gasteiger partial charge is 0.376 e. The van der Waals surface area contributed by atoms with E-state index in [1.165, 1.54) is 38.5 Å². The molecule has 0 radical (unpaired) electrons. The van der Waals surface area contributed by atoms with E-state index in [9.17, 15) is 0 Å². The molecule has 1 N–H and O–H groups in total. The standard InChI is InChI=1S/C15H24N2O/c1-16-15-14(9-6-10-17-15)12-18-11-13-7-4-2-3-5-8-13/h6,9-10,13H,2-5,7-8,11-12H2,1H3,(H,16,17). The van der Waals surface area contributed by atoms with Crippen molar-refractivity contribution in [3.63, 3.8) is 0 Å². The molecule has 18 heavy (non-hydrogen) atoms. The molecule has 1 aliphatic carbocycles. The van der Waals surface area contributed by atoms with Gasteiger partial charge in [-0.25, -0.2) is 4.98 Å². The van der Waals surface area contributed by atoms with Crippen LogP contribution in [0.2, 0.25) is 0 Å². The molecule has 0 aliphatic heterocycles. The van der Waals surface area contributed by atoms with Crippen molar-refractivity contribution in [2.45, 2.75) is 45.1 Å². The monoisotopic (exact) mass is 248 g/mol. The Bertz CT molecular complexity index is 346. The van der Waals surface area contributed by atoms with Crippen molar-refractivity contribution in [2.75, 3.05) is 19.0 Å². The highest BCUT2D eigenvalue weighted by atomic mass is 16.5. The number of nitrogens with zero attached hydrogens (tertiary/aromatic N) is 1. The number of nitrogens with one attached hydrogen (secondary N) is 1. The minimum absolute atomic E-state index is 0.667. The Hall–Kier alpha value is -1.09. The second-order valence-corrected chi connectivity index (χ2v) is 5.13. The van der Waals surface area contributed by atoms with Crippen molar-refractivity contribution >= 4 is 5.82 Å². The van der Waals surface area contributed by atoms with Gasteiger partial charge in [0.15, 0.2) is 0 Å². The number of hydrogen-bond donors (Lipinski definition) is 1. The number of ether oxygens (including phenoxy) is 1. The van der Waals surface area contributed by atoms with Gasteiger partial charge in [-0.05, 0) is 24.8 Å². The number of pyridine rings is 1. The fourth-order valence-corrected chi connectivity index (χ4v) is 2.65. The highest BCUT2D eigenvalue weighted by Crippen LogP contribution is 2.23. The predicted octanol–water partition coefficient (Wildman–Crippen LogP) is 3.61. The van der Waals surface area contributed by atoms with Crippen LogP contribution in [0, 0.1) is 5.92 Å².